The highest BCUT2D eigenvalue weighted by molar-refractivity contribution is 6.08. The van der Waals surface area contributed by atoms with Gasteiger partial charge in [-0.1, -0.05) is 24.3 Å². The molecule has 1 aliphatic rings. The number of imide groups is 1. The van der Waals surface area contributed by atoms with Gasteiger partial charge in [0.15, 0.2) is 5.76 Å². The summed E-state index contributed by atoms with van der Waals surface area (Å²) in [5.41, 5.74) is 0.654. The molecule has 0 aliphatic carbocycles. The average molecular weight is 241 g/mol. The van der Waals surface area contributed by atoms with E-state index in [0.717, 1.165) is 5.39 Å². The molecule has 3 rings (SSSR count). The fourth-order valence-electron chi connectivity index (χ4n) is 2.01. The monoisotopic (exact) mass is 241 g/mol. The molecule has 0 radical (unpaired) electrons. The van der Waals surface area contributed by atoms with Crippen LogP contribution in [0.2, 0.25) is 0 Å². The minimum Gasteiger partial charge on any atom is -0.451 e. The fourth-order valence-corrected chi connectivity index (χ4v) is 2.01. The van der Waals surface area contributed by atoms with E-state index < -0.39 is 0 Å². The predicted molar refractivity (Wildman–Crippen MR) is 66.0 cm³/mol. The normalized spacial score (nSPS) is 15.3. The van der Waals surface area contributed by atoms with Gasteiger partial charge < -0.3 is 4.42 Å². The number of rotatable bonds is 1. The summed E-state index contributed by atoms with van der Waals surface area (Å²) in [6, 6.07) is 9.05. The minimum absolute atomic E-state index is 0.208. The Balaban J connectivity index is 1.96. The van der Waals surface area contributed by atoms with Gasteiger partial charge in [0.25, 0.3) is 11.8 Å². The first-order chi connectivity index (χ1) is 8.75. The predicted octanol–water partition coefficient (Wildman–Crippen LogP) is 2.36. The molecule has 0 spiro atoms. The molecule has 0 unspecified atom stereocenters. The summed E-state index contributed by atoms with van der Waals surface area (Å²) in [5.74, 6) is -0.452. The lowest BCUT2D eigenvalue weighted by Gasteiger charge is -2.19. The Hall–Kier alpha value is -2.36. The van der Waals surface area contributed by atoms with Crippen molar-refractivity contribution in [3.8, 4) is 0 Å². The molecule has 2 aromatic rings. The average Bonchev–Trinajstić information content (AvgIpc) is 2.82. The van der Waals surface area contributed by atoms with E-state index in [0.29, 0.717) is 18.5 Å². The van der Waals surface area contributed by atoms with Crippen LogP contribution in [0, 0.1) is 0 Å². The topological polar surface area (TPSA) is 50.5 Å². The van der Waals surface area contributed by atoms with Crippen molar-refractivity contribution in [3.05, 3.63) is 48.2 Å². The Bertz CT molecular complexity index is 621. The molecule has 2 heterocycles. The summed E-state index contributed by atoms with van der Waals surface area (Å²) in [4.78, 5) is 25.0. The van der Waals surface area contributed by atoms with E-state index in [9.17, 15) is 9.59 Å². The number of para-hydroxylation sites is 1. The molecule has 0 fully saturated rings. The number of hydrogen-bond donors (Lipinski definition) is 0. The largest absolute Gasteiger partial charge is 0.451 e. The molecule has 0 N–H and O–H groups in total. The molecule has 1 aromatic heterocycles. The van der Waals surface area contributed by atoms with Gasteiger partial charge in [-0.15, -0.1) is 0 Å². The van der Waals surface area contributed by atoms with Gasteiger partial charge >= 0.3 is 0 Å². The molecule has 4 heteroatoms. The van der Waals surface area contributed by atoms with Gasteiger partial charge in [0.2, 0.25) is 0 Å². The highest BCUT2D eigenvalue weighted by atomic mass is 16.3. The number of benzene rings is 1. The van der Waals surface area contributed by atoms with E-state index in [2.05, 4.69) is 0 Å². The van der Waals surface area contributed by atoms with Crippen molar-refractivity contribution >= 4 is 22.8 Å². The number of hydrogen-bond acceptors (Lipinski definition) is 3. The van der Waals surface area contributed by atoms with Gasteiger partial charge in [0.1, 0.15) is 5.58 Å². The number of fused-ring (bicyclic) bond motifs is 1. The zero-order chi connectivity index (χ0) is 12.5. The van der Waals surface area contributed by atoms with Crippen LogP contribution >= 0.6 is 0 Å². The maximum Gasteiger partial charge on any atom is 0.296 e. The number of carbonyl (C=O) groups excluding carboxylic acids is 2. The lowest BCUT2D eigenvalue weighted by atomic mass is 10.2. The van der Waals surface area contributed by atoms with Gasteiger partial charge in [-0.2, -0.15) is 0 Å². The van der Waals surface area contributed by atoms with Crippen LogP contribution in [0.4, 0.5) is 0 Å². The number of carbonyl (C=O) groups is 2. The second-order valence-electron chi connectivity index (χ2n) is 4.13. The smallest absolute Gasteiger partial charge is 0.296 e. The highest BCUT2D eigenvalue weighted by Gasteiger charge is 2.25. The summed E-state index contributed by atoms with van der Waals surface area (Å²) in [7, 11) is 0. The Morgan fingerprint density at radius 2 is 2.11 bits per heavy atom. The molecular weight excluding hydrogens is 230 g/mol. The molecular formula is C14H11NO3. The van der Waals surface area contributed by atoms with Crippen LogP contribution in [-0.2, 0) is 4.79 Å². The van der Waals surface area contributed by atoms with Crippen molar-refractivity contribution in [2.45, 2.75) is 6.42 Å². The standard InChI is InChI=1S/C14H11NO3/c16-13-7-3-4-8-15(13)14(17)12-9-10-5-1-2-6-11(10)18-12/h1-3,5-7,9H,4,8H2. The Labute approximate surface area is 103 Å². The third-order valence-corrected chi connectivity index (χ3v) is 2.93. The van der Waals surface area contributed by atoms with Gasteiger partial charge in [0.05, 0.1) is 0 Å². The second-order valence-corrected chi connectivity index (χ2v) is 4.13. The summed E-state index contributed by atoms with van der Waals surface area (Å²) >= 11 is 0. The van der Waals surface area contributed by atoms with Crippen LogP contribution in [0.25, 0.3) is 11.0 Å². The Morgan fingerprint density at radius 3 is 2.89 bits per heavy atom. The van der Waals surface area contributed by atoms with Gasteiger partial charge in [-0.05, 0) is 24.6 Å². The van der Waals surface area contributed by atoms with Crippen LogP contribution in [0.1, 0.15) is 17.0 Å². The van der Waals surface area contributed by atoms with Crippen LogP contribution in [0.15, 0.2) is 46.9 Å². The second kappa shape index (κ2) is 4.14. The summed E-state index contributed by atoms with van der Waals surface area (Å²) in [6.45, 7) is 0.408. The first kappa shape index (κ1) is 10.8. The van der Waals surface area contributed by atoms with Gasteiger partial charge in [-0.3, -0.25) is 14.5 Å². The van der Waals surface area contributed by atoms with Crippen molar-refractivity contribution in [2.75, 3.05) is 6.54 Å². The Kier molecular flexibility index (Phi) is 2.48. The molecule has 2 amide bonds. The van der Waals surface area contributed by atoms with Gasteiger partial charge in [0, 0.05) is 11.9 Å². The van der Waals surface area contributed by atoms with E-state index >= 15 is 0 Å². The third-order valence-electron chi connectivity index (χ3n) is 2.93. The summed E-state index contributed by atoms with van der Waals surface area (Å²) in [6.07, 6.45) is 3.88. The SMILES string of the molecule is O=C1C=CCCN1C(=O)c1cc2ccccc2o1. The van der Waals surface area contributed by atoms with E-state index in [1.165, 1.54) is 11.0 Å². The zero-order valence-corrected chi connectivity index (χ0v) is 9.63. The number of furan rings is 1. The van der Waals surface area contributed by atoms with Crippen molar-refractivity contribution in [2.24, 2.45) is 0 Å². The minimum atomic E-state index is -0.374. The molecule has 0 saturated heterocycles. The Morgan fingerprint density at radius 1 is 1.28 bits per heavy atom. The van der Waals surface area contributed by atoms with Gasteiger partial charge in [-0.25, -0.2) is 0 Å². The van der Waals surface area contributed by atoms with Crippen LogP contribution in [0.5, 0.6) is 0 Å². The summed E-state index contributed by atoms with van der Waals surface area (Å²) in [5, 5.41) is 0.862. The van der Waals surface area contributed by atoms with Crippen LogP contribution in [0.3, 0.4) is 0 Å². The molecule has 0 atom stereocenters. The number of amides is 2. The lowest BCUT2D eigenvalue weighted by molar-refractivity contribution is -0.124. The molecule has 0 saturated carbocycles. The van der Waals surface area contributed by atoms with Crippen molar-refractivity contribution in [1.29, 1.82) is 0 Å². The maximum atomic E-state index is 12.2. The van der Waals surface area contributed by atoms with E-state index in [1.54, 1.807) is 18.2 Å². The first-order valence-electron chi connectivity index (χ1n) is 5.76. The molecule has 1 aromatic carbocycles. The zero-order valence-electron chi connectivity index (χ0n) is 9.63. The molecule has 1 aliphatic heterocycles. The van der Waals surface area contributed by atoms with Crippen molar-refractivity contribution in [1.82, 2.24) is 4.90 Å². The summed E-state index contributed by atoms with van der Waals surface area (Å²) < 4.78 is 5.46. The van der Waals surface area contributed by atoms with Crippen molar-refractivity contribution in [3.63, 3.8) is 0 Å². The molecule has 18 heavy (non-hydrogen) atoms. The van der Waals surface area contributed by atoms with E-state index in [-0.39, 0.29) is 17.6 Å². The maximum absolute atomic E-state index is 12.2. The lowest BCUT2D eigenvalue weighted by Crippen LogP contribution is -2.38. The van der Waals surface area contributed by atoms with E-state index in [1.807, 2.05) is 18.2 Å². The highest BCUT2D eigenvalue weighted by Crippen LogP contribution is 2.20. The van der Waals surface area contributed by atoms with Crippen molar-refractivity contribution < 1.29 is 14.0 Å². The third kappa shape index (κ3) is 1.72. The first-order valence-corrected chi connectivity index (χ1v) is 5.76. The van der Waals surface area contributed by atoms with Crippen LogP contribution < -0.4 is 0 Å². The fraction of sp³-hybridized carbons (Fsp3) is 0.143. The molecule has 4 nitrogen and oxygen atoms in total. The van der Waals surface area contributed by atoms with E-state index in [4.69, 9.17) is 4.42 Å². The molecule has 0 bridgehead atoms. The quantitative estimate of drug-likeness (QED) is 0.720. The number of nitrogens with zero attached hydrogens (tertiary/aromatic N) is 1. The molecule has 90 valence electrons. The van der Waals surface area contributed by atoms with Crippen LogP contribution in [-0.4, -0.2) is 23.3 Å².